The van der Waals surface area contributed by atoms with Crippen LogP contribution in [0.4, 0.5) is 5.69 Å². The quantitative estimate of drug-likeness (QED) is 0.748. The average Bonchev–Trinajstić information content (AvgIpc) is 2.63. The molecule has 0 bridgehead atoms. The van der Waals surface area contributed by atoms with Gasteiger partial charge < -0.3 is 15.2 Å². The molecule has 6 nitrogen and oxygen atoms in total. The molecule has 3 heterocycles. The lowest BCUT2D eigenvalue weighted by Gasteiger charge is -2.29. The summed E-state index contributed by atoms with van der Waals surface area (Å²) in [4.78, 5) is 25.6. The van der Waals surface area contributed by atoms with Crippen LogP contribution in [0.2, 0.25) is 0 Å². The SMILES string of the molecule is O=c1[nH]c(-c2ccc(N3CCNCC3)cc2)cc2nccnc12. The zero-order chi connectivity index (χ0) is 15.6. The predicted molar refractivity (Wildman–Crippen MR) is 90.7 cm³/mol. The van der Waals surface area contributed by atoms with Gasteiger partial charge in [-0.2, -0.15) is 0 Å². The van der Waals surface area contributed by atoms with Gasteiger partial charge in [-0.1, -0.05) is 12.1 Å². The summed E-state index contributed by atoms with van der Waals surface area (Å²) in [5.41, 5.74) is 3.70. The molecule has 6 heteroatoms. The summed E-state index contributed by atoms with van der Waals surface area (Å²) in [5.74, 6) is 0. The Labute approximate surface area is 133 Å². The standard InChI is InChI=1S/C17H17N5O/c23-17-16-15(19-5-6-20-16)11-14(21-17)12-1-3-13(4-2-12)22-9-7-18-8-10-22/h1-6,11,18H,7-10H2,(H,21,23). The van der Waals surface area contributed by atoms with E-state index in [1.807, 2.05) is 18.2 Å². The van der Waals surface area contributed by atoms with Crippen LogP contribution in [0.5, 0.6) is 0 Å². The Balaban J connectivity index is 1.69. The molecular weight excluding hydrogens is 290 g/mol. The molecule has 4 rings (SSSR count). The van der Waals surface area contributed by atoms with Crippen molar-refractivity contribution in [3.8, 4) is 11.3 Å². The van der Waals surface area contributed by atoms with E-state index in [2.05, 4.69) is 37.3 Å². The number of anilines is 1. The number of benzene rings is 1. The van der Waals surface area contributed by atoms with Gasteiger partial charge in [-0.05, 0) is 23.8 Å². The van der Waals surface area contributed by atoms with Gasteiger partial charge >= 0.3 is 0 Å². The summed E-state index contributed by atoms with van der Waals surface area (Å²) in [6.45, 7) is 4.06. The van der Waals surface area contributed by atoms with Crippen molar-refractivity contribution in [3.05, 3.63) is 53.1 Å². The topological polar surface area (TPSA) is 73.9 Å². The summed E-state index contributed by atoms with van der Waals surface area (Å²) in [5, 5.41) is 3.35. The monoisotopic (exact) mass is 307 g/mol. The van der Waals surface area contributed by atoms with Crippen molar-refractivity contribution in [1.29, 1.82) is 0 Å². The normalized spacial score (nSPS) is 15.0. The van der Waals surface area contributed by atoms with E-state index < -0.39 is 0 Å². The molecule has 0 spiro atoms. The molecule has 2 aromatic heterocycles. The van der Waals surface area contributed by atoms with E-state index in [0.717, 1.165) is 37.4 Å². The van der Waals surface area contributed by atoms with E-state index >= 15 is 0 Å². The van der Waals surface area contributed by atoms with Gasteiger partial charge in [0, 0.05) is 44.3 Å². The van der Waals surface area contributed by atoms with Crippen molar-refractivity contribution in [1.82, 2.24) is 20.3 Å². The van der Waals surface area contributed by atoms with E-state index in [0.29, 0.717) is 11.0 Å². The number of piperazine rings is 1. The van der Waals surface area contributed by atoms with Gasteiger partial charge in [-0.3, -0.25) is 9.78 Å². The molecule has 1 fully saturated rings. The second-order valence-electron chi connectivity index (χ2n) is 5.59. The summed E-state index contributed by atoms with van der Waals surface area (Å²) in [7, 11) is 0. The van der Waals surface area contributed by atoms with Crippen LogP contribution in [0.15, 0.2) is 47.5 Å². The van der Waals surface area contributed by atoms with E-state index in [9.17, 15) is 4.79 Å². The van der Waals surface area contributed by atoms with Crippen LogP contribution in [-0.2, 0) is 0 Å². The second-order valence-corrected chi connectivity index (χ2v) is 5.59. The van der Waals surface area contributed by atoms with Crippen LogP contribution in [0, 0.1) is 0 Å². The Morgan fingerprint density at radius 3 is 2.52 bits per heavy atom. The number of rotatable bonds is 2. The smallest absolute Gasteiger partial charge is 0.276 e. The Morgan fingerprint density at radius 1 is 1.00 bits per heavy atom. The van der Waals surface area contributed by atoms with Crippen molar-refractivity contribution >= 4 is 16.7 Å². The molecule has 0 saturated carbocycles. The Morgan fingerprint density at radius 2 is 1.74 bits per heavy atom. The summed E-state index contributed by atoms with van der Waals surface area (Å²) < 4.78 is 0. The van der Waals surface area contributed by atoms with Crippen LogP contribution >= 0.6 is 0 Å². The maximum Gasteiger partial charge on any atom is 0.276 e. The lowest BCUT2D eigenvalue weighted by molar-refractivity contribution is 0.589. The molecule has 0 radical (unpaired) electrons. The van der Waals surface area contributed by atoms with Crippen molar-refractivity contribution in [2.75, 3.05) is 31.1 Å². The van der Waals surface area contributed by atoms with E-state index in [1.54, 1.807) is 6.20 Å². The number of fused-ring (bicyclic) bond motifs is 1. The highest BCUT2D eigenvalue weighted by atomic mass is 16.1. The van der Waals surface area contributed by atoms with Gasteiger partial charge in [-0.25, -0.2) is 4.98 Å². The third kappa shape index (κ3) is 2.68. The van der Waals surface area contributed by atoms with E-state index in [4.69, 9.17) is 0 Å². The minimum absolute atomic E-state index is 0.211. The minimum atomic E-state index is -0.211. The highest BCUT2D eigenvalue weighted by Gasteiger charge is 2.11. The fraction of sp³-hybridized carbons (Fsp3) is 0.235. The molecule has 1 aliphatic rings. The molecule has 0 aliphatic carbocycles. The molecule has 0 amide bonds. The molecular formula is C17H17N5O. The first-order valence-electron chi connectivity index (χ1n) is 7.71. The zero-order valence-electron chi connectivity index (χ0n) is 12.6. The van der Waals surface area contributed by atoms with Crippen molar-refractivity contribution in [2.24, 2.45) is 0 Å². The number of aromatic nitrogens is 3. The molecule has 116 valence electrons. The first-order chi connectivity index (χ1) is 11.3. The number of nitrogens with one attached hydrogen (secondary N) is 2. The van der Waals surface area contributed by atoms with Gasteiger partial charge in [0.1, 0.15) is 0 Å². The molecule has 1 aliphatic heterocycles. The lowest BCUT2D eigenvalue weighted by atomic mass is 10.1. The summed E-state index contributed by atoms with van der Waals surface area (Å²) in [6.07, 6.45) is 3.12. The number of hydrogen-bond donors (Lipinski definition) is 2. The highest BCUT2D eigenvalue weighted by Crippen LogP contribution is 2.22. The number of pyridine rings is 1. The van der Waals surface area contributed by atoms with Gasteiger partial charge in [-0.15, -0.1) is 0 Å². The Hall–Kier alpha value is -2.73. The number of hydrogen-bond acceptors (Lipinski definition) is 5. The fourth-order valence-electron chi connectivity index (χ4n) is 2.91. The third-order valence-electron chi connectivity index (χ3n) is 4.13. The second kappa shape index (κ2) is 5.81. The molecule has 0 atom stereocenters. The minimum Gasteiger partial charge on any atom is -0.369 e. The largest absolute Gasteiger partial charge is 0.369 e. The van der Waals surface area contributed by atoms with Gasteiger partial charge in [0.15, 0.2) is 5.52 Å². The number of nitrogens with zero attached hydrogens (tertiary/aromatic N) is 3. The van der Waals surface area contributed by atoms with Crippen molar-refractivity contribution < 1.29 is 0 Å². The van der Waals surface area contributed by atoms with Gasteiger partial charge in [0.25, 0.3) is 5.56 Å². The average molecular weight is 307 g/mol. The first kappa shape index (κ1) is 13.9. The zero-order valence-corrected chi connectivity index (χ0v) is 12.6. The van der Waals surface area contributed by atoms with Crippen molar-refractivity contribution in [2.45, 2.75) is 0 Å². The van der Waals surface area contributed by atoms with Crippen LogP contribution in [0.1, 0.15) is 0 Å². The van der Waals surface area contributed by atoms with Crippen LogP contribution in [0.25, 0.3) is 22.3 Å². The highest BCUT2D eigenvalue weighted by molar-refractivity contribution is 5.78. The molecule has 3 aromatic rings. The molecule has 2 N–H and O–H groups in total. The van der Waals surface area contributed by atoms with Crippen LogP contribution in [0.3, 0.4) is 0 Å². The fourth-order valence-corrected chi connectivity index (χ4v) is 2.91. The van der Waals surface area contributed by atoms with Crippen molar-refractivity contribution in [3.63, 3.8) is 0 Å². The Kier molecular flexibility index (Phi) is 3.51. The Bertz CT molecular complexity index is 881. The predicted octanol–water partition coefficient (Wildman–Crippen LogP) is 1.39. The van der Waals surface area contributed by atoms with Gasteiger partial charge in [0.2, 0.25) is 0 Å². The lowest BCUT2D eigenvalue weighted by Crippen LogP contribution is -2.43. The maximum absolute atomic E-state index is 12.1. The number of H-pyrrole nitrogens is 1. The van der Waals surface area contributed by atoms with E-state index in [-0.39, 0.29) is 5.56 Å². The van der Waals surface area contributed by atoms with Gasteiger partial charge in [0.05, 0.1) is 11.2 Å². The molecule has 1 saturated heterocycles. The van der Waals surface area contributed by atoms with Crippen LogP contribution < -0.4 is 15.8 Å². The summed E-state index contributed by atoms with van der Waals surface area (Å²) in [6, 6.07) is 10.1. The van der Waals surface area contributed by atoms with E-state index in [1.165, 1.54) is 11.9 Å². The summed E-state index contributed by atoms with van der Waals surface area (Å²) >= 11 is 0. The molecule has 23 heavy (non-hydrogen) atoms. The first-order valence-corrected chi connectivity index (χ1v) is 7.71. The number of aromatic amines is 1. The maximum atomic E-state index is 12.1. The molecule has 0 unspecified atom stereocenters. The molecule has 1 aromatic carbocycles. The van der Waals surface area contributed by atoms with Crippen LogP contribution in [-0.4, -0.2) is 41.1 Å². The third-order valence-corrected chi connectivity index (χ3v) is 4.13.